The molecule has 0 radical (unpaired) electrons. The lowest BCUT2D eigenvalue weighted by Gasteiger charge is -2.12. The van der Waals surface area contributed by atoms with E-state index in [1.54, 1.807) is 22.8 Å². The summed E-state index contributed by atoms with van der Waals surface area (Å²) < 4.78 is 53.9. The van der Waals surface area contributed by atoms with E-state index in [0.717, 1.165) is 23.8 Å². The highest BCUT2D eigenvalue weighted by Gasteiger charge is 2.31. The van der Waals surface area contributed by atoms with E-state index in [1.807, 2.05) is 0 Å². The molecule has 2 N–H and O–H groups in total. The Morgan fingerprint density at radius 3 is 2.38 bits per heavy atom. The van der Waals surface area contributed by atoms with Crippen LogP contribution in [0.25, 0.3) is 11.0 Å². The molecule has 34 heavy (non-hydrogen) atoms. The molecule has 0 unspecified atom stereocenters. The highest BCUT2D eigenvalue weighted by atomic mass is 19.4. The predicted molar refractivity (Wildman–Crippen MR) is 115 cm³/mol. The average Bonchev–Trinajstić information content (AvgIpc) is 3.15. The van der Waals surface area contributed by atoms with Gasteiger partial charge in [0.1, 0.15) is 11.6 Å². The molecule has 0 saturated carbocycles. The van der Waals surface area contributed by atoms with E-state index in [2.05, 4.69) is 10.3 Å². The Kier molecular flexibility index (Phi) is 6.06. The second kappa shape index (κ2) is 8.97. The number of carbonyl (C=O) groups excluding carboxylic acids is 1. The number of hydrogen-bond acceptors (Lipinski definition) is 3. The fourth-order valence-electron chi connectivity index (χ4n) is 3.49. The third-order valence-corrected chi connectivity index (χ3v) is 5.19. The van der Waals surface area contributed by atoms with Gasteiger partial charge in [-0.3, -0.25) is 4.79 Å². The molecule has 4 aromatic rings. The molecule has 3 aromatic carbocycles. The standard InChI is InChI=1S/C24H17F4N3O3/c25-18-7-4-14(5-8-18)13-31-20-9-6-16(23(33)34)11-19(20)30-21(31)12-29-22(32)15-2-1-3-17(10-15)24(26,27)28/h1-11H,12-13H2,(H,29,32)(H,33,34). The van der Waals surface area contributed by atoms with Gasteiger partial charge < -0.3 is 15.0 Å². The van der Waals surface area contributed by atoms with Crippen LogP contribution in [0.5, 0.6) is 0 Å². The van der Waals surface area contributed by atoms with Gasteiger partial charge in [0.2, 0.25) is 0 Å². The summed E-state index contributed by atoms with van der Waals surface area (Å²) in [5.41, 5.74) is 0.601. The van der Waals surface area contributed by atoms with Gasteiger partial charge in [-0.25, -0.2) is 14.2 Å². The number of rotatable bonds is 6. The van der Waals surface area contributed by atoms with E-state index in [4.69, 9.17) is 0 Å². The Hall–Kier alpha value is -4.21. The molecular weight excluding hydrogens is 454 g/mol. The first kappa shape index (κ1) is 23.0. The van der Waals surface area contributed by atoms with Crippen molar-refractivity contribution in [3.05, 3.63) is 101 Å². The van der Waals surface area contributed by atoms with Crippen LogP contribution in [-0.2, 0) is 19.3 Å². The van der Waals surface area contributed by atoms with Crippen LogP contribution in [0.1, 0.15) is 37.7 Å². The summed E-state index contributed by atoms with van der Waals surface area (Å²) in [6, 6.07) is 14.2. The van der Waals surface area contributed by atoms with E-state index in [9.17, 15) is 32.3 Å². The van der Waals surface area contributed by atoms with Gasteiger partial charge in [-0.15, -0.1) is 0 Å². The van der Waals surface area contributed by atoms with Crippen molar-refractivity contribution in [1.82, 2.24) is 14.9 Å². The molecule has 0 aliphatic carbocycles. The van der Waals surface area contributed by atoms with Crippen molar-refractivity contribution in [2.45, 2.75) is 19.3 Å². The molecule has 0 bridgehead atoms. The van der Waals surface area contributed by atoms with Crippen molar-refractivity contribution in [2.24, 2.45) is 0 Å². The molecule has 1 heterocycles. The number of imidazole rings is 1. The monoisotopic (exact) mass is 471 g/mol. The lowest BCUT2D eigenvalue weighted by molar-refractivity contribution is -0.137. The van der Waals surface area contributed by atoms with Crippen LogP contribution < -0.4 is 5.32 Å². The predicted octanol–water partition coefficient (Wildman–Crippen LogP) is 4.87. The number of fused-ring (bicyclic) bond motifs is 1. The first-order valence-electron chi connectivity index (χ1n) is 10.0. The smallest absolute Gasteiger partial charge is 0.416 e. The van der Waals surface area contributed by atoms with Gasteiger partial charge in [-0.1, -0.05) is 18.2 Å². The Morgan fingerprint density at radius 1 is 0.971 bits per heavy atom. The number of amides is 1. The van der Waals surface area contributed by atoms with Gasteiger partial charge in [-0.05, 0) is 54.1 Å². The molecular formula is C24H17F4N3O3. The van der Waals surface area contributed by atoms with Crippen molar-refractivity contribution in [3.8, 4) is 0 Å². The Balaban J connectivity index is 1.64. The fraction of sp³-hybridized carbons (Fsp3) is 0.125. The number of aromatic nitrogens is 2. The topological polar surface area (TPSA) is 84.2 Å². The van der Waals surface area contributed by atoms with E-state index >= 15 is 0 Å². The number of alkyl halides is 3. The van der Waals surface area contributed by atoms with Gasteiger partial charge in [0.15, 0.2) is 0 Å². The van der Waals surface area contributed by atoms with Crippen LogP contribution >= 0.6 is 0 Å². The van der Waals surface area contributed by atoms with Crippen molar-refractivity contribution in [2.75, 3.05) is 0 Å². The number of carboxylic acids is 1. The maximum atomic E-state index is 13.3. The third kappa shape index (κ3) is 4.90. The number of hydrogen-bond donors (Lipinski definition) is 2. The van der Waals surface area contributed by atoms with Gasteiger partial charge in [0, 0.05) is 12.1 Å². The summed E-state index contributed by atoms with van der Waals surface area (Å²) in [6.07, 6.45) is -4.58. The van der Waals surface area contributed by atoms with Crippen molar-refractivity contribution in [3.63, 3.8) is 0 Å². The molecule has 0 saturated heterocycles. The zero-order valence-corrected chi connectivity index (χ0v) is 17.4. The molecule has 174 valence electrons. The molecule has 0 aliphatic rings. The minimum Gasteiger partial charge on any atom is -0.478 e. The SMILES string of the molecule is O=C(O)c1ccc2c(c1)nc(CNC(=O)c1cccc(C(F)(F)F)c1)n2Cc1ccc(F)cc1. The number of benzene rings is 3. The minimum atomic E-state index is -4.58. The van der Waals surface area contributed by atoms with E-state index in [1.165, 1.54) is 30.3 Å². The fourth-order valence-corrected chi connectivity index (χ4v) is 3.49. The largest absolute Gasteiger partial charge is 0.478 e. The van der Waals surface area contributed by atoms with Crippen molar-refractivity contribution >= 4 is 22.9 Å². The Labute approximate surface area is 190 Å². The van der Waals surface area contributed by atoms with Crippen LogP contribution in [0.15, 0.2) is 66.7 Å². The van der Waals surface area contributed by atoms with E-state index in [-0.39, 0.29) is 24.2 Å². The number of nitrogens with one attached hydrogen (secondary N) is 1. The zero-order chi connectivity index (χ0) is 24.5. The third-order valence-electron chi connectivity index (χ3n) is 5.19. The lowest BCUT2D eigenvalue weighted by Crippen LogP contribution is -2.25. The molecule has 0 aliphatic heterocycles. The first-order valence-corrected chi connectivity index (χ1v) is 10.0. The summed E-state index contributed by atoms with van der Waals surface area (Å²) in [7, 11) is 0. The number of halogens is 4. The molecule has 1 amide bonds. The van der Waals surface area contributed by atoms with Crippen LogP contribution in [-0.4, -0.2) is 26.5 Å². The van der Waals surface area contributed by atoms with E-state index in [0.29, 0.717) is 16.9 Å². The maximum absolute atomic E-state index is 13.3. The summed E-state index contributed by atoms with van der Waals surface area (Å²) in [5, 5.41) is 11.8. The van der Waals surface area contributed by atoms with Gasteiger partial charge in [-0.2, -0.15) is 13.2 Å². The zero-order valence-electron chi connectivity index (χ0n) is 17.4. The quantitative estimate of drug-likeness (QED) is 0.393. The molecule has 4 rings (SSSR count). The number of nitrogens with zero attached hydrogens (tertiary/aromatic N) is 2. The van der Waals surface area contributed by atoms with Crippen molar-refractivity contribution in [1.29, 1.82) is 0 Å². The molecule has 0 fully saturated rings. The number of aromatic carboxylic acids is 1. The molecule has 10 heteroatoms. The molecule has 6 nitrogen and oxygen atoms in total. The van der Waals surface area contributed by atoms with Crippen LogP contribution in [0, 0.1) is 5.82 Å². The maximum Gasteiger partial charge on any atom is 0.416 e. The summed E-state index contributed by atoms with van der Waals surface area (Å²) in [6.45, 7) is 0.116. The summed E-state index contributed by atoms with van der Waals surface area (Å²) in [4.78, 5) is 28.3. The van der Waals surface area contributed by atoms with Crippen LogP contribution in [0.3, 0.4) is 0 Å². The van der Waals surface area contributed by atoms with Crippen molar-refractivity contribution < 1.29 is 32.3 Å². The second-order valence-corrected chi connectivity index (χ2v) is 7.51. The Morgan fingerprint density at radius 2 is 1.71 bits per heavy atom. The highest BCUT2D eigenvalue weighted by molar-refractivity contribution is 5.94. The highest BCUT2D eigenvalue weighted by Crippen LogP contribution is 2.29. The first-order chi connectivity index (χ1) is 16.1. The van der Waals surface area contributed by atoms with Gasteiger partial charge in [0.25, 0.3) is 5.91 Å². The molecule has 0 atom stereocenters. The average molecular weight is 471 g/mol. The van der Waals surface area contributed by atoms with Crippen LogP contribution in [0.4, 0.5) is 17.6 Å². The summed E-state index contributed by atoms with van der Waals surface area (Å²) in [5.74, 6) is -1.91. The van der Waals surface area contributed by atoms with Gasteiger partial charge >= 0.3 is 12.1 Å². The normalized spacial score (nSPS) is 11.5. The van der Waals surface area contributed by atoms with Crippen LogP contribution in [0.2, 0.25) is 0 Å². The summed E-state index contributed by atoms with van der Waals surface area (Å²) >= 11 is 0. The number of carboxylic acid groups (broad SMARTS) is 1. The second-order valence-electron chi connectivity index (χ2n) is 7.51. The molecule has 1 aromatic heterocycles. The van der Waals surface area contributed by atoms with E-state index < -0.39 is 29.4 Å². The number of carbonyl (C=O) groups is 2. The lowest BCUT2D eigenvalue weighted by atomic mass is 10.1. The molecule has 0 spiro atoms. The van der Waals surface area contributed by atoms with Gasteiger partial charge in [0.05, 0.1) is 28.7 Å². The minimum absolute atomic E-state index is 0.0264. The Bertz CT molecular complexity index is 1380.